The summed E-state index contributed by atoms with van der Waals surface area (Å²) in [6.07, 6.45) is 1.99. The molecule has 2 unspecified atom stereocenters. The van der Waals surface area contributed by atoms with E-state index in [4.69, 9.17) is 9.47 Å². The lowest BCUT2D eigenvalue weighted by molar-refractivity contribution is 0.0217. The van der Waals surface area contributed by atoms with E-state index in [1.54, 1.807) is 13.0 Å². The number of carbonyl (C=O) groups is 1. The molecule has 0 bridgehead atoms. The molecule has 2 atom stereocenters. The summed E-state index contributed by atoms with van der Waals surface area (Å²) in [5.41, 5.74) is 0.905. The molecule has 0 saturated heterocycles. The van der Waals surface area contributed by atoms with Crippen molar-refractivity contribution in [3.63, 3.8) is 0 Å². The van der Waals surface area contributed by atoms with Gasteiger partial charge in [-0.05, 0) is 38.3 Å². The van der Waals surface area contributed by atoms with Crippen LogP contribution in [0, 0.1) is 0 Å². The highest BCUT2D eigenvalue weighted by Crippen LogP contribution is 2.35. The van der Waals surface area contributed by atoms with Gasteiger partial charge in [0.1, 0.15) is 23.2 Å². The summed E-state index contributed by atoms with van der Waals surface area (Å²) in [6.45, 7) is 1.73. The predicted octanol–water partition coefficient (Wildman–Crippen LogP) is 2.03. The lowest BCUT2D eigenvalue weighted by Gasteiger charge is -2.26. The first kappa shape index (κ1) is 14.7. The molecule has 0 saturated carbocycles. The van der Waals surface area contributed by atoms with Gasteiger partial charge in [-0.25, -0.2) is 4.79 Å². The van der Waals surface area contributed by atoms with Crippen molar-refractivity contribution in [2.24, 2.45) is 0 Å². The molecule has 1 heterocycles. The van der Waals surface area contributed by atoms with Crippen molar-refractivity contribution in [3.05, 3.63) is 23.3 Å². The summed E-state index contributed by atoms with van der Waals surface area (Å²) in [7, 11) is 1.48. The number of esters is 1. The first-order valence-corrected chi connectivity index (χ1v) is 6.80. The Bertz CT molecular complexity index is 495. The van der Waals surface area contributed by atoms with E-state index in [-0.39, 0.29) is 18.0 Å². The van der Waals surface area contributed by atoms with Crippen LogP contribution in [-0.4, -0.2) is 35.5 Å². The Kier molecular flexibility index (Phi) is 4.49. The van der Waals surface area contributed by atoms with Gasteiger partial charge in [0.05, 0.1) is 13.2 Å². The van der Waals surface area contributed by atoms with Gasteiger partial charge in [-0.15, -0.1) is 0 Å². The second-order valence-electron chi connectivity index (χ2n) is 5.15. The average Bonchev–Trinajstić information content (AvgIpc) is 2.39. The number of rotatable bonds is 5. The fraction of sp³-hybridized carbons (Fsp3) is 0.533. The molecule has 0 aromatic heterocycles. The molecule has 110 valence electrons. The Morgan fingerprint density at radius 1 is 1.50 bits per heavy atom. The van der Waals surface area contributed by atoms with Gasteiger partial charge in [-0.2, -0.15) is 0 Å². The zero-order valence-corrected chi connectivity index (χ0v) is 11.8. The normalized spacial score (nSPS) is 19.1. The third kappa shape index (κ3) is 3.04. The topological polar surface area (TPSA) is 76.0 Å². The number of ether oxygens (including phenoxy) is 2. The smallest absolute Gasteiger partial charge is 0.342 e. The molecule has 5 heteroatoms. The van der Waals surface area contributed by atoms with Crippen molar-refractivity contribution in [1.29, 1.82) is 0 Å². The molecule has 0 amide bonds. The molecule has 1 aromatic carbocycles. The fourth-order valence-electron chi connectivity index (χ4n) is 2.50. The molecule has 0 fully saturated rings. The number of aromatic hydroxyl groups is 1. The molecule has 1 aromatic rings. The standard InChI is InChI=1S/C15H20O5/c1-9(16)4-3-5-10-8-11-12(17)6-7-13(19-2)14(11)15(18)20-10/h6-7,9-10,16-17H,3-5,8H2,1-2H3. The van der Waals surface area contributed by atoms with E-state index in [1.165, 1.54) is 13.2 Å². The Hall–Kier alpha value is -1.75. The number of aliphatic hydroxyl groups is 1. The predicted molar refractivity (Wildman–Crippen MR) is 73.1 cm³/mol. The molecule has 0 spiro atoms. The molecule has 0 aliphatic carbocycles. The van der Waals surface area contributed by atoms with E-state index >= 15 is 0 Å². The molecule has 2 rings (SSSR count). The molecule has 0 radical (unpaired) electrons. The number of aliphatic hydroxyl groups excluding tert-OH is 1. The highest BCUT2D eigenvalue weighted by molar-refractivity contribution is 5.96. The van der Waals surface area contributed by atoms with Gasteiger partial charge in [-0.3, -0.25) is 0 Å². The highest BCUT2D eigenvalue weighted by atomic mass is 16.5. The molecule has 1 aliphatic rings. The van der Waals surface area contributed by atoms with Crippen LogP contribution in [0.5, 0.6) is 11.5 Å². The van der Waals surface area contributed by atoms with Gasteiger partial charge < -0.3 is 19.7 Å². The number of phenolic OH excluding ortho intramolecular Hbond substituents is 1. The fourth-order valence-corrected chi connectivity index (χ4v) is 2.50. The van der Waals surface area contributed by atoms with Crippen LogP contribution in [0.25, 0.3) is 0 Å². The molecule has 1 aliphatic heterocycles. The van der Waals surface area contributed by atoms with Gasteiger partial charge >= 0.3 is 5.97 Å². The molecule has 5 nitrogen and oxygen atoms in total. The van der Waals surface area contributed by atoms with E-state index in [2.05, 4.69) is 0 Å². The van der Waals surface area contributed by atoms with Crippen molar-refractivity contribution in [2.45, 2.75) is 44.8 Å². The van der Waals surface area contributed by atoms with Crippen LogP contribution >= 0.6 is 0 Å². The van der Waals surface area contributed by atoms with Crippen LogP contribution in [0.1, 0.15) is 42.1 Å². The number of carbonyl (C=O) groups excluding carboxylic acids is 1. The van der Waals surface area contributed by atoms with Gasteiger partial charge in [0.2, 0.25) is 0 Å². The Balaban J connectivity index is 2.15. The summed E-state index contributed by atoms with van der Waals surface area (Å²) < 4.78 is 10.5. The van der Waals surface area contributed by atoms with E-state index in [1.807, 2.05) is 0 Å². The van der Waals surface area contributed by atoms with Crippen LogP contribution < -0.4 is 4.74 Å². The second kappa shape index (κ2) is 6.13. The van der Waals surface area contributed by atoms with Crippen molar-refractivity contribution >= 4 is 5.97 Å². The largest absolute Gasteiger partial charge is 0.508 e. The van der Waals surface area contributed by atoms with E-state index < -0.39 is 5.97 Å². The quantitative estimate of drug-likeness (QED) is 0.807. The van der Waals surface area contributed by atoms with Gasteiger partial charge in [-0.1, -0.05) is 0 Å². The second-order valence-corrected chi connectivity index (χ2v) is 5.15. The third-order valence-electron chi connectivity index (χ3n) is 3.53. The average molecular weight is 280 g/mol. The SMILES string of the molecule is COc1ccc(O)c2c1C(=O)OC(CCCC(C)O)C2. The summed E-state index contributed by atoms with van der Waals surface area (Å²) in [5, 5.41) is 19.2. The number of hydrogen-bond donors (Lipinski definition) is 2. The number of fused-ring (bicyclic) bond motifs is 1. The van der Waals surface area contributed by atoms with E-state index in [9.17, 15) is 15.0 Å². The third-order valence-corrected chi connectivity index (χ3v) is 3.53. The van der Waals surface area contributed by atoms with Crippen molar-refractivity contribution in [3.8, 4) is 11.5 Å². The molecular weight excluding hydrogens is 260 g/mol. The number of hydrogen-bond acceptors (Lipinski definition) is 5. The lowest BCUT2D eigenvalue weighted by atomic mass is 9.94. The first-order chi connectivity index (χ1) is 9.52. The van der Waals surface area contributed by atoms with Gasteiger partial charge in [0, 0.05) is 12.0 Å². The maximum absolute atomic E-state index is 12.1. The van der Waals surface area contributed by atoms with E-state index in [0.717, 1.165) is 6.42 Å². The summed E-state index contributed by atoms with van der Waals surface area (Å²) in [4.78, 5) is 12.1. The van der Waals surface area contributed by atoms with Crippen LogP contribution in [0.3, 0.4) is 0 Å². The lowest BCUT2D eigenvalue weighted by Crippen LogP contribution is -2.28. The van der Waals surface area contributed by atoms with Crippen LogP contribution in [0.4, 0.5) is 0 Å². The van der Waals surface area contributed by atoms with Crippen LogP contribution in [-0.2, 0) is 11.2 Å². The maximum atomic E-state index is 12.1. The van der Waals surface area contributed by atoms with Crippen molar-refractivity contribution in [2.75, 3.05) is 7.11 Å². The van der Waals surface area contributed by atoms with Gasteiger partial charge in [0.15, 0.2) is 0 Å². The minimum Gasteiger partial charge on any atom is -0.508 e. The zero-order valence-electron chi connectivity index (χ0n) is 11.8. The minimum atomic E-state index is -0.457. The molecular formula is C15H20O5. The first-order valence-electron chi connectivity index (χ1n) is 6.80. The van der Waals surface area contributed by atoms with E-state index in [0.29, 0.717) is 36.1 Å². The number of benzene rings is 1. The van der Waals surface area contributed by atoms with Crippen LogP contribution in [0.15, 0.2) is 12.1 Å². The zero-order chi connectivity index (χ0) is 14.7. The maximum Gasteiger partial charge on any atom is 0.342 e. The Labute approximate surface area is 118 Å². The summed E-state index contributed by atoms with van der Waals surface area (Å²) in [5.74, 6) is 0.0595. The molecule has 20 heavy (non-hydrogen) atoms. The number of phenols is 1. The van der Waals surface area contributed by atoms with Gasteiger partial charge in [0.25, 0.3) is 0 Å². The Morgan fingerprint density at radius 2 is 2.25 bits per heavy atom. The van der Waals surface area contributed by atoms with Crippen LogP contribution in [0.2, 0.25) is 0 Å². The Morgan fingerprint density at radius 3 is 2.90 bits per heavy atom. The minimum absolute atomic E-state index is 0.0953. The van der Waals surface area contributed by atoms with Crippen molar-refractivity contribution in [1.82, 2.24) is 0 Å². The summed E-state index contributed by atoms with van der Waals surface area (Å²) in [6, 6.07) is 3.09. The van der Waals surface area contributed by atoms with Crippen molar-refractivity contribution < 1.29 is 24.5 Å². The molecule has 2 N–H and O–H groups in total. The summed E-state index contributed by atoms with van der Waals surface area (Å²) >= 11 is 0. The number of methoxy groups -OCH3 is 1. The monoisotopic (exact) mass is 280 g/mol. The highest BCUT2D eigenvalue weighted by Gasteiger charge is 2.31. The number of cyclic esters (lactones) is 1.